The number of ether oxygens (including phenoxy) is 1. The van der Waals surface area contributed by atoms with Crippen molar-refractivity contribution in [3.05, 3.63) is 18.2 Å². The average Bonchev–Trinajstić information content (AvgIpc) is 2.78. The highest BCUT2D eigenvalue weighted by Gasteiger charge is 2.06. The highest BCUT2D eigenvalue weighted by Crippen LogP contribution is 2.04. The van der Waals surface area contributed by atoms with Gasteiger partial charge in [-0.2, -0.15) is 0 Å². The monoisotopic (exact) mass is 254 g/mol. The van der Waals surface area contributed by atoms with Crippen molar-refractivity contribution in [2.45, 2.75) is 39.2 Å². The molecule has 1 rings (SSSR count). The number of aromatic carboxylic acids is 1. The number of unbranched alkanes of at least 4 members (excludes halogenated alkanes) is 2. The Morgan fingerprint density at radius 1 is 1.39 bits per heavy atom. The van der Waals surface area contributed by atoms with Crippen LogP contribution >= 0.6 is 0 Å². The summed E-state index contributed by atoms with van der Waals surface area (Å²) in [7, 11) is 0. The Morgan fingerprint density at radius 3 is 2.78 bits per heavy atom. The Kier molecular flexibility index (Phi) is 5.90. The predicted octanol–water partition coefficient (Wildman–Crippen LogP) is 1.70. The quantitative estimate of drug-likeness (QED) is 0.564. The SMILES string of the molecule is CCOC(=O)CCCCCn1cnc(C(=O)O)c1. The summed E-state index contributed by atoms with van der Waals surface area (Å²) in [6.07, 6.45) is 6.04. The second-order valence-corrected chi connectivity index (χ2v) is 3.92. The molecule has 1 heterocycles. The summed E-state index contributed by atoms with van der Waals surface area (Å²) in [5.74, 6) is -1.18. The van der Waals surface area contributed by atoms with E-state index in [9.17, 15) is 9.59 Å². The van der Waals surface area contributed by atoms with Gasteiger partial charge in [0.25, 0.3) is 0 Å². The summed E-state index contributed by atoms with van der Waals surface area (Å²) in [4.78, 5) is 25.4. The number of carboxylic acids is 1. The molecule has 18 heavy (non-hydrogen) atoms. The van der Waals surface area contributed by atoms with Crippen LogP contribution in [0.5, 0.6) is 0 Å². The third kappa shape index (κ3) is 4.99. The second kappa shape index (κ2) is 7.47. The molecule has 100 valence electrons. The molecule has 0 aromatic carbocycles. The number of esters is 1. The maximum Gasteiger partial charge on any atom is 0.356 e. The minimum atomic E-state index is -1.02. The molecule has 6 heteroatoms. The smallest absolute Gasteiger partial charge is 0.356 e. The molecule has 0 unspecified atom stereocenters. The Morgan fingerprint density at radius 2 is 2.17 bits per heavy atom. The molecule has 6 nitrogen and oxygen atoms in total. The van der Waals surface area contributed by atoms with E-state index in [-0.39, 0.29) is 11.7 Å². The number of aryl methyl sites for hydroxylation is 1. The van der Waals surface area contributed by atoms with Crippen molar-refractivity contribution < 1.29 is 19.4 Å². The van der Waals surface area contributed by atoms with E-state index >= 15 is 0 Å². The molecule has 0 aliphatic heterocycles. The first-order valence-electron chi connectivity index (χ1n) is 6.04. The fraction of sp³-hybridized carbons (Fsp3) is 0.583. The van der Waals surface area contributed by atoms with E-state index in [1.807, 2.05) is 0 Å². The molecule has 0 aliphatic rings. The van der Waals surface area contributed by atoms with Gasteiger partial charge in [-0.1, -0.05) is 6.42 Å². The minimum absolute atomic E-state index is 0.0570. The van der Waals surface area contributed by atoms with E-state index in [4.69, 9.17) is 9.84 Å². The van der Waals surface area contributed by atoms with Gasteiger partial charge in [0.05, 0.1) is 12.9 Å². The van der Waals surface area contributed by atoms with Crippen molar-refractivity contribution >= 4 is 11.9 Å². The van der Waals surface area contributed by atoms with Gasteiger partial charge < -0.3 is 14.4 Å². The van der Waals surface area contributed by atoms with Gasteiger partial charge in [0.2, 0.25) is 0 Å². The lowest BCUT2D eigenvalue weighted by atomic mass is 10.2. The van der Waals surface area contributed by atoms with Gasteiger partial charge in [0.1, 0.15) is 0 Å². The van der Waals surface area contributed by atoms with Crippen molar-refractivity contribution in [1.82, 2.24) is 9.55 Å². The van der Waals surface area contributed by atoms with Crippen LogP contribution in [-0.4, -0.2) is 33.2 Å². The molecule has 0 amide bonds. The van der Waals surface area contributed by atoms with Crippen LogP contribution in [0.25, 0.3) is 0 Å². The number of carbonyl (C=O) groups excluding carboxylic acids is 1. The molecule has 0 radical (unpaired) electrons. The van der Waals surface area contributed by atoms with Crippen LogP contribution < -0.4 is 0 Å². The molecular weight excluding hydrogens is 236 g/mol. The lowest BCUT2D eigenvalue weighted by Crippen LogP contribution is -2.03. The number of carbonyl (C=O) groups is 2. The van der Waals surface area contributed by atoms with Gasteiger partial charge in [-0.05, 0) is 19.8 Å². The van der Waals surface area contributed by atoms with Crippen molar-refractivity contribution in [3.8, 4) is 0 Å². The van der Waals surface area contributed by atoms with E-state index in [0.717, 1.165) is 19.3 Å². The summed E-state index contributed by atoms with van der Waals surface area (Å²) >= 11 is 0. The lowest BCUT2D eigenvalue weighted by Gasteiger charge is -2.02. The van der Waals surface area contributed by atoms with Crippen molar-refractivity contribution in [3.63, 3.8) is 0 Å². The van der Waals surface area contributed by atoms with Crippen LogP contribution in [0, 0.1) is 0 Å². The minimum Gasteiger partial charge on any atom is -0.476 e. The molecule has 0 saturated heterocycles. The van der Waals surface area contributed by atoms with Crippen molar-refractivity contribution in [2.24, 2.45) is 0 Å². The second-order valence-electron chi connectivity index (χ2n) is 3.92. The Labute approximate surface area is 106 Å². The van der Waals surface area contributed by atoms with E-state index in [1.165, 1.54) is 12.5 Å². The predicted molar refractivity (Wildman–Crippen MR) is 64.3 cm³/mol. The third-order valence-electron chi connectivity index (χ3n) is 2.45. The van der Waals surface area contributed by atoms with Crippen molar-refractivity contribution in [2.75, 3.05) is 6.61 Å². The van der Waals surface area contributed by atoms with E-state index < -0.39 is 5.97 Å². The third-order valence-corrected chi connectivity index (χ3v) is 2.45. The summed E-state index contributed by atoms with van der Waals surface area (Å²) in [5, 5.41) is 8.69. The molecule has 0 bridgehead atoms. The molecule has 1 aromatic heterocycles. The lowest BCUT2D eigenvalue weighted by molar-refractivity contribution is -0.143. The van der Waals surface area contributed by atoms with E-state index in [0.29, 0.717) is 19.6 Å². The van der Waals surface area contributed by atoms with Crippen molar-refractivity contribution in [1.29, 1.82) is 0 Å². The molecule has 0 fully saturated rings. The van der Waals surface area contributed by atoms with Gasteiger partial charge >= 0.3 is 11.9 Å². The molecule has 0 spiro atoms. The van der Waals surface area contributed by atoms with Gasteiger partial charge in [-0.25, -0.2) is 9.78 Å². The zero-order valence-electron chi connectivity index (χ0n) is 10.5. The Balaban J connectivity index is 2.14. The van der Waals surface area contributed by atoms with Gasteiger partial charge in [-0.15, -0.1) is 0 Å². The maximum atomic E-state index is 11.1. The Hall–Kier alpha value is -1.85. The molecule has 0 atom stereocenters. The number of hydrogen-bond donors (Lipinski definition) is 1. The number of aromatic nitrogens is 2. The number of hydrogen-bond acceptors (Lipinski definition) is 4. The maximum absolute atomic E-state index is 11.1. The van der Waals surface area contributed by atoms with Gasteiger partial charge in [0, 0.05) is 19.2 Å². The zero-order valence-corrected chi connectivity index (χ0v) is 10.5. The fourth-order valence-corrected chi connectivity index (χ4v) is 1.57. The normalized spacial score (nSPS) is 10.3. The first kappa shape index (κ1) is 14.2. The van der Waals surface area contributed by atoms with Crippen LogP contribution in [-0.2, 0) is 16.1 Å². The van der Waals surface area contributed by atoms with E-state index in [2.05, 4.69) is 4.98 Å². The van der Waals surface area contributed by atoms with E-state index in [1.54, 1.807) is 11.5 Å². The summed E-state index contributed by atoms with van der Waals surface area (Å²) in [6, 6.07) is 0. The van der Waals surface area contributed by atoms with Crippen LogP contribution in [0.3, 0.4) is 0 Å². The van der Waals surface area contributed by atoms with Gasteiger partial charge in [0.15, 0.2) is 5.69 Å². The Bertz CT molecular complexity index is 401. The number of carboxylic acid groups (broad SMARTS) is 1. The van der Waals surface area contributed by atoms with Crippen LogP contribution in [0.1, 0.15) is 43.1 Å². The van der Waals surface area contributed by atoms with Crippen LogP contribution in [0.15, 0.2) is 12.5 Å². The molecule has 0 saturated carbocycles. The largest absolute Gasteiger partial charge is 0.476 e. The molecular formula is C12H18N2O4. The molecule has 0 aliphatic carbocycles. The fourth-order valence-electron chi connectivity index (χ4n) is 1.57. The highest BCUT2D eigenvalue weighted by molar-refractivity contribution is 5.84. The van der Waals surface area contributed by atoms with Crippen LogP contribution in [0.4, 0.5) is 0 Å². The first-order chi connectivity index (χ1) is 8.63. The standard InChI is InChI=1S/C12H18N2O4/c1-2-18-11(15)6-4-3-5-7-14-8-10(12(16)17)13-9-14/h8-9H,2-7H2,1H3,(H,16,17). The average molecular weight is 254 g/mol. The van der Waals surface area contributed by atoms with Gasteiger partial charge in [-0.3, -0.25) is 4.79 Å². The summed E-state index contributed by atoms with van der Waals surface area (Å²) in [5.41, 5.74) is 0.0570. The topological polar surface area (TPSA) is 81.4 Å². The number of rotatable bonds is 8. The first-order valence-corrected chi connectivity index (χ1v) is 6.04. The number of nitrogens with zero attached hydrogens (tertiary/aromatic N) is 2. The summed E-state index contributed by atoms with van der Waals surface area (Å²) < 4.78 is 6.56. The zero-order chi connectivity index (χ0) is 13.4. The highest BCUT2D eigenvalue weighted by atomic mass is 16.5. The molecule has 1 N–H and O–H groups in total. The van der Waals surface area contributed by atoms with Crippen LogP contribution in [0.2, 0.25) is 0 Å². The molecule has 1 aromatic rings. The number of imidazole rings is 1. The summed E-state index contributed by atoms with van der Waals surface area (Å²) in [6.45, 7) is 2.92.